The van der Waals surface area contributed by atoms with Crippen molar-refractivity contribution in [2.24, 2.45) is 17.3 Å². The van der Waals surface area contributed by atoms with E-state index >= 15 is 0 Å². The third kappa shape index (κ3) is 3.54. The zero-order valence-electron chi connectivity index (χ0n) is 17.0. The molecule has 2 aromatic heterocycles. The number of nitrogen functional groups attached to an aromatic ring is 1. The maximum atomic E-state index is 13.0. The largest absolute Gasteiger partial charge is 0.382 e. The van der Waals surface area contributed by atoms with Crippen molar-refractivity contribution < 1.29 is 4.79 Å². The minimum absolute atomic E-state index is 0.194. The van der Waals surface area contributed by atoms with Crippen LogP contribution in [0.15, 0.2) is 40.6 Å². The summed E-state index contributed by atoms with van der Waals surface area (Å²) in [5, 5.41) is 31.5. The Hall–Kier alpha value is -4.31. The molecule has 0 radical (unpaired) electrons. The highest BCUT2D eigenvalue weighted by atomic mass is 16.2. The van der Waals surface area contributed by atoms with Gasteiger partial charge in [0.1, 0.15) is 18.0 Å². The molecule has 30 heavy (non-hydrogen) atoms. The van der Waals surface area contributed by atoms with E-state index in [1.165, 1.54) is 4.68 Å². The van der Waals surface area contributed by atoms with Crippen LogP contribution in [0.25, 0.3) is 0 Å². The van der Waals surface area contributed by atoms with Gasteiger partial charge in [0.25, 0.3) is 11.9 Å². The molecule has 3 rings (SSSR count). The normalized spacial score (nSPS) is 11.4. The first-order valence-electron chi connectivity index (χ1n) is 8.96. The maximum Gasteiger partial charge on any atom is 0.265 e. The lowest BCUT2D eigenvalue weighted by molar-refractivity contribution is 0.0961. The fraction of sp³-hybridized carbons (Fsp3) is 0.250. The van der Waals surface area contributed by atoms with Crippen LogP contribution in [0.5, 0.6) is 0 Å². The van der Waals surface area contributed by atoms with Crippen molar-refractivity contribution in [1.82, 2.24) is 19.3 Å². The summed E-state index contributed by atoms with van der Waals surface area (Å²) in [5.41, 5.74) is 6.55. The number of carbonyl (C=O) groups excluding carboxylic acids is 1. The summed E-state index contributed by atoms with van der Waals surface area (Å²) in [4.78, 5) is 17.0. The van der Waals surface area contributed by atoms with Gasteiger partial charge in [-0.05, 0) is 12.1 Å². The molecule has 10 heteroatoms. The van der Waals surface area contributed by atoms with Crippen molar-refractivity contribution in [3.05, 3.63) is 53.0 Å². The van der Waals surface area contributed by atoms with Gasteiger partial charge in [0.05, 0.1) is 5.69 Å². The van der Waals surface area contributed by atoms with Crippen molar-refractivity contribution in [1.29, 1.82) is 10.5 Å². The lowest BCUT2D eigenvalue weighted by Crippen LogP contribution is -2.14. The van der Waals surface area contributed by atoms with E-state index in [1.807, 2.05) is 32.9 Å². The summed E-state index contributed by atoms with van der Waals surface area (Å²) in [7, 11) is 1.69. The Bertz CT molecular complexity index is 1230. The number of hydrogen-bond acceptors (Lipinski definition) is 8. The molecule has 2 heterocycles. The highest BCUT2D eigenvalue weighted by molar-refractivity contribution is 5.98. The van der Waals surface area contributed by atoms with E-state index in [-0.39, 0.29) is 28.6 Å². The third-order valence-corrected chi connectivity index (χ3v) is 4.31. The number of rotatable bonds is 3. The molecule has 0 saturated heterocycles. The van der Waals surface area contributed by atoms with E-state index in [2.05, 4.69) is 20.3 Å². The quantitative estimate of drug-likeness (QED) is 0.665. The van der Waals surface area contributed by atoms with Crippen LogP contribution in [0, 0.1) is 22.7 Å². The maximum absolute atomic E-state index is 13.0. The number of aromatic nitrogens is 4. The number of carbonyl (C=O) groups is 1. The van der Waals surface area contributed by atoms with E-state index in [4.69, 9.17) is 5.73 Å². The summed E-state index contributed by atoms with van der Waals surface area (Å²) in [5.74, 6) is -0.456. The molecule has 2 N–H and O–H groups in total. The predicted molar refractivity (Wildman–Crippen MR) is 108 cm³/mol. The van der Waals surface area contributed by atoms with Gasteiger partial charge in [-0.25, -0.2) is 4.57 Å². The molecule has 0 aliphatic rings. The van der Waals surface area contributed by atoms with E-state index in [1.54, 1.807) is 37.4 Å². The summed E-state index contributed by atoms with van der Waals surface area (Å²) in [6, 6.07) is 12.0. The molecule has 0 saturated carbocycles. The molecule has 3 aromatic rings. The van der Waals surface area contributed by atoms with Crippen LogP contribution in [0.4, 0.5) is 17.5 Å². The van der Waals surface area contributed by atoms with Crippen LogP contribution in [-0.4, -0.2) is 25.2 Å². The first kappa shape index (κ1) is 20.4. The number of nitrogens with zero attached hydrogens (tertiary/aromatic N) is 8. The molecule has 0 aliphatic heterocycles. The SMILES string of the molecule is Cn1nc(C(C)(C)C)c(/N=N/c2nc(C#N)c(C#N)n2C(=O)c2ccccc2)c1N. The number of anilines is 1. The standard InChI is InChI=1S/C20H19N9O/c1-20(2,3)16-15(17(23)28(4)27-16)25-26-19-24-13(10-21)14(11-22)29(19)18(30)12-8-6-5-7-9-12/h5-9H,23H2,1-4H3/b26-25+. The number of benzene rings is 1. The van der Waals surface area contributed by atoms with Crippen molar-refractivity contribution in [3.8, 4) is 12.1 Å². The van der Waals surface area contributed by atoms with Crippen LogP contribution >= 0.6 is 0 Å². The Kier molecular flexibility index (Phi) is 5.18. The third-order valence-electron chi connectivity index (χ3n) is 4.31. The van der Waals surface area contributed by atoms with Crippen LogP contribution in [0.3, 0.4) is 0 Å². The minimum Gasteiger partial charge on any atom is -0.382 e. The zero-order valence-corrected chi connectivity index (χ0v) is 17.0. The molecule has 0 aliphatic carbocycles. The Morgan fingerprint density at radius 2 is 1.80 bits per heavy atom. The predicted octanol–water partition coefficient (Wildman–Crippen LogP) is 3.34. The van der Waals surface area contributed by atoms with E-state index < -0.39 is 5.91 Å². The molecule has 0 amide bonds. The number of aryl methyl sites for hydroxylation is 1. The average Bonchev–Trinajstić information content (AvgIpc) is 3.23. The van der Waals surface area contributed by atoms with Gasteiger partial charge in [-0.15, -0.1) is 10.2 Å². The van der Waals surface area contributed by atoms with Crippen molar-refractivity contribution >= 4 is 23.4 Å². The molecular weight excluding hydrogens is 382 g/mol. The van der Waals surface area contributed by atoms with Gasteiger partial charge in [-0.3, -0.25) is 9.48 Å². The number of nitriles is 2. The highest BCUT2D eigenvalue weighted by Crippen LogP contribution is 2.36. The minimum atomic E-state index is -0.551. The molecule has 0 unspecified atom stereocenters. The number of nitrogens with two attached hydrogens (primary N) is 1. The second-order valence-corrected chi connectivity index (χ2v) is 7.50. The highest BCUT2D eigenvalue weighted by Gasteiger charge is 2.27. The van der Waals surface area contributed by atoms with E-state index in [0.717, 1.165) is 4.57 Å². The van der Waals surface area contributed by atoms with Crippen molar-refractivity contribution in [2.45, 2.75) is 26.2 Å². The number of azo groups is 1. The second kappa shape index (κ2) is 7.60. The van der Waals surface area contributed by atoms with Gasteiger partial charge in [-0.1, -0.05) is 39.0 Å². The fourth-order valence-electron chi connectivity index (χ4n) is 2.78. The molecule has 10 nitrogen and oxygen atoms in total. The molecule has 0 atom stereocenters. The van der Waals surface area contributed by atoms with Gasteiger partial charge < -0.3 is 5.73 Å². The Balaban J connectivity index is 2.18. The van der Waals surface area contributed by atoms with Gasteiger partial charge in [-0.2, -0.15) is 20.6 Å². The average molecular weight is 401 g/mol. The molecule has 0 spiro atoms. The number of imidazole rings is 1. The summed E-state index contributed by atoms with van der Waals surface area (Å²) >= 11 is 0. The zero-order chi connectivity index (χ0) is 22.1. The van der Waals surface area contributed by atoms with Crippen molar-refractivity contribution in [3.63, 3.8) is 0 Å². The monoisotopic (exact) mass is 401 g/mol. The van der Waals surface area contributed by atoms with Gasteiger partial charge >= 0.3 is 0 Å². The molecule has 0 bridgehead atoms. The van der Waals surface area contributed by atoms with Crippen LogP contribution in [-0.2, 0) is 12.5 Å². The van der Waals surface area contributed by atoms with Crippen LogP contribution in [0.1, 0.15) is 48.2 Å². The second-order valence-electron chi connectivity index (χ2n) is 7.50. The smallest absolute Gasteiger partial charge is 0.265 e. The Morgan fingerprint density at radius 1 is 1.13 bits per heavy atom. The first-order valence-corrected chi connectivity index (χ1v) is 8.96. The first-order chi connectivity index (χ1) is 14.2. The summed E-state index contributed by atoms with van der Waals surface area (Å²) in [6.07, 6.45) is 0. The Morgan fingerprint density at radius 3 is 2.37 bits per heavy atom. The summed E-state index contributed by atoms with van der Waals surface area (Å²) < 4.78 is 2.46. The summed E-state index contributed by atoms with van der Waals surface area (Å²) in [6.45, 7) is 5.86. The van der Waals surface area contributed by atoms with Crippen molar-refractivity contribution in [2.75, 3.05) is 5.73 Å². The van der Waals surface area contributed by atoms with Crippen LogP contribution in [0.2, 0.25) is 0 Å². The van der Waals surface area contributed by atoms with E-state index in [9.17, 15) is 15.3 Å². The fourth-order valence-corrected chi connectivity index (χ4v) is 2.78. The van der Waals surface area contributed by atoms with Gasteiger partial charge in [0.2, 0.25) is 0 Å². The molecule has 0 fully saturated rings. The van der Waals surface area contributed by atoms with Gasteiger partial charge in [0, 0.05) is 18.0 Å². The molecular formula is C20H19N9O. The molecule has 150 valence electrons. The lowest BCUT2D eigenvalue weighted by atomic mass is 9.91. The Labute approximate surface area is 172 Å². The van der Waals surface area contributed by atoms with E-state index in [0.29, 0.717) is 16.9 Å². The number of hydrogen-bond donors (Lipinski definition) is 1. The van der Waals surface area contributed by atoms with Gasteiger partial charge in [0.15, 0.2) is 17.1 Å². The van der Waals surface area contributed by atoms with Crippen LogP contribution < -0.4 is 5.73 Å². The topological polar surface area (TPSA) is 151 Å². The lowest BCUT2D eigenvalue weighted by Gasteiger charge is -2.15. The molecule has 1 aromatic carbocycles.